The first-order valence-corrected chi connectivity index (χ1v) is 8.26. The van der Waals surface area contributed by atoms with Crippen molar-refractivity contribution in [3.05, 3.63) is 81.1 Å². The molecule has 0 spiro atoms. The fourth-order valence-corrected chi connectivity index (χ4v) is 3.16. The minimum absolute atomic E-state index is 0.0964. The van der Waals surface area contributed by atoms with Crippen molar-refractivity contribution < 1.29 is 4.92 Å². The number of hydrogen-bond donors (Lipinski definition) is 0. The maximum Gasteiger partial charge on any atom is 0.270 e. The maximum atomic E-state index is 13.0. The van der Waals surface area contributed by atoms with Crippen molar-refractivity contribution in [1.29, 1.82) is 0 Å². The Kier molecular flexibility index (Phi) is 3.73. The van der Waals surface area contributed by atoms with Gasteiger partial charge in [-0.3, -0.25) is 14.9 Å². The standard InChI is InChI=1S/C20H15N3O3/c1-2-22-12-16(18-9-7-13-5-3-4-6-17(13)21-18)20(24)15-11-14(23(25)26)8-10-19(15)22/h3-12H,2H2,1H3. The Morgan fingerprint density at radius 2 is 1.92 bits per heavy atom. The molecule has 0 unspecified atom stereocenters. The number of non-ortho nitro benzene ring substituents is 1. The van der Waals surface area contributed by atoms with Gasteiger partial charge in [-0.15, -0.1) is 0 Å². The molecule has 0 fully saturated rings. The number of nitro groups is 1. The number of rotatable bonds is 3. The SMILES string of the molecule is CCn1cc(-c2ccc3ccccc3n2)c(=O)c2cc([N+](=O)[O-])ccc21. The number of nitro benzene ring substituents is 1. The van der Waals surface area contributed by atoms with E-state index in [1.54, 1.807) is 12.3 Å². The van der Waals surface area contributed by atoms with Crippen LogP contribution in [0.25, 0.3) is 33.1 Å². The first-order chi connectivity index (χ1) is 12.6. The van der Waals surface area contributed by atoms with E-state index >= 15 is 0 Å². The van der Waals surface area contributed by atoms with Gasteiger partial charge in [0.1, 0.15) is 0 Å². The summed E-state index contributed by atoms with van der Waals surface area (Å²) in [5.74, 6) is 0. The largest absolute Gasteiger partial charge is 0.347 e. The van der Waals surface area contributed by atoms with Gasteiger partial charge in [0.15, 0.2) is 5.43 Å². The lowest BCUT2D eigenvalue weighted by atomic mass is 10.1. The van der Waals surface area contributed by atoms with Gasteiger partial charge in [0.05, 0.1) is 32.6 Å². The molecule has 0 aliphatic rings. The van der Waals surface area contributed by atoms with E-state index in [2.05, 4.69) is 4.98 Å². The minimum Gasteiger partial charge on any atom is -0.347 e. The highest BCUT2D eigenvalue weighted by Gasteiger charge is 2.15. The van der Waals surface area contributed by atoms with E-state index in [1.165, 1.54) is 12.1 Å². The van der Waals surface area contributed by atoms with Gasteiger partial charge < -0.3 is 4.57 Å². The summed E-state index contributed by atoms with van der Waals surface area (Å²) in [6.07, 6.45) is 1.77. The molecule has 26 heavy (non-hydrogen) atoms. The highest BCUT2D eigenvalue weighted by molar-refractivity contribution is 5.87. The van der Waals surface area contributed by atoms with Crippen LogP contribution in [0.5, 0.6) is 0 Å². The molecule has 0 aliphatic carbocycles. The average molecular weight is 345 g/mol. The smallest absolute Gasteiger partial charge is 0.270 e. The highest BCUT2D eigenvalue weighted by atomic mass is 16.6. The van der Waals surface area contributed by atoms with Crippen LogP contribution in [0.2, 0.25) is 0 Å². The number of benzene rings is 2. The summed E-state index contributed by atoms with van der Waals surface area (Å²) in [5.41, 5.74) is 2.12. The van der Waals surface area contributed by atoms with Crippen LogP contribution in [0.3, 0.4) is 0 Å². The molecule has 2 aromatic carbocycles. The second-order valence-corrected chi connectivity index (χ2v) is 6.01. The Bertz CT molecular complexity index is 1230. The van der Waals surface area contributed by atoms with Gasteiger partial charge in [-0.25, -0.2) is 4.98 Å². The highest BCUT2D eigenvalue weighted by Crippen LogP contribution is 2.24. The van der Waals surface area contributed by atoms with Crippen LogP contribution in [0.15, 0.2) is 65.6 Å². The summed E-state index contributed by atoms with van der Waals surface area (Å²) < 4.78 is 1.91. The first kappa shape index (κ1) is 16.0. The quantitative estimate of drug-likeness (QED) is 0.413. The monoisotopic (exact) mass is 345 g/mol. The molecule has 6 heteroatoms. The van der Waals surface area contributed by atoms with Gasteiger partial charge in [0, 0.05) is 30.3 Å². The third-order valence-corrected chi connectivity index (χ3v) is 4.49. The molecule has 6 nitrogen and oxygen atoms in total. The van der Waals surface area contributed by atoms with E-state index in [-0.39, 0.29) is 11.1 Å². The Morgan fingerprint density at radius 1 is 1.12 bits per heavy atom. The summed E-state index contributed by atoms with van der Waals surface area (Å²) in [4.78, 5) is 28.2. The van der Waals surface area contributed by atoms with Crippen molar-refractivity contribution >= 4 is 27.5 Å². The number of fused-ring (bicyclic) bond motifs is 2. The number of aryl methyl sites for hydroxylation is 1. The van der Waals surface area contributed by atoms with Gasteiger partial charge in [0.25, 0.3) is 5.69 Å². The summed E-state index contributed by atoms with van der Waals surface area (Å²) in [5, 5.41) is 12.4. The van der Waals surface area contributed by atoms with Crippen molar-refractivity contribution in [1.82, 2.24) is 9.55 Å². The zero-order valence-electron chi connectivity index (χ0n) is 14.0. The number of pyridine rings is 2. The summed E-state index contributed by atoms with van der Waals surface area (Å²) in [6, 6.07) is 15.8. The van der Waals surface area contributed by atoms with Crippen molar-refractivity contribution in [2.24, 2.45) is 0 Å². The molecular weight excluding hydrogens is 330 g/mol. The third-order valence-electron chi connectivity index (χ3n) is 4.49. The van der Waals surface area contributed by atoms with E-state index in [9.17, 15) is 14.9 Å². The van der Waals surface area contributed by atoms with Gasteiger partial charge in [-0.1, -0.05) is 24.3 Å². The van der Waals surface area contributed by atoms with Crippen molar-refractivity contribution in [3.8, 4) is 11.3 Å². The van der Waals surface area contributed by atoms with Gasteiger partial charge in [-0.05, 0) is 25.1 Å². The molecule has 0 amide bonds. The predicted octanol–water partition coefficient (Wildman–Crippen LogP) is 4.14. The van der Waals surface area contributed by atoms with Crippen LogP contribution >= 0.6 is 0 Å². The number of aromatic nitrogens is 2. The molecule has 128 valence electrons. The fourth-order valence-electron chi connectivity index (χ4n) is 3.16. The molecule has 0 bridgehead atoms. The molecular formula is C20H15N3O3. The summed E-state index contributed by atoms with van der Waals surface area (Å²) >= 11 is 0. The van der Waals surface area contributed by atoms with Gasteiger partial charge in [0.2, 0.25) is 0 Å². The molecule has 0 aliphatic heterocycles. The first-order valence-electron chi connectivity index (χ1n) is 8.26. The molecule has 2 heterocycles. The van der Waals surface area contributed by atoms with Gasteiger partial charge in [-0.2, -0.15) is 0 Å². The predicted molar refractivity (Wildman–Crippen MR) is 101 cm³/mol. The fraction of sp³-hybridized carbons (Fsp3) is 0.100. The lowest BCUT2D eigenvalue weighted by molar-refractivity contribution is -0.384. The van der Waals surface area contributed by atoms with E-state index in [4.69, 9.17) is 0 Å². The molecule has 0 saturated heterocycles. The minimum atomic E-state index is -0.490. The molecule has 0 atom stereocenters. The number of nitrogens with zero attached hydrogens (tertiary/aromatic N) is 3. The third kappa shape index (κ3) is 2.52. The normalized spacial score (nSPS) is 11.1. The van der Waals surface area contributed by atoms with Crippen molar-refractivity contribution in [2.75, 3.05) is 0 Å². The number of hydrogen-bond acceptors (Lipinski definition) is 4. The molecule has 0 saturated carbocycles. The number of para-hydroxylation sites is 1. The second-order valence-electron chi connectivity index (χ2n) is 6.01. The van der Waals surface area contributed by atoms with E-state index < -0.39 is 4.92 Å². The van der Waals surface area contributed by atoms with E-state index in [1.807, 2.05) is 47.9 Å². The lowest BCUT2D eigenvalue weighted by Gasteiger charge is -2.11. The Labute approximate surface area is 148 Å². The van der Waals surface area contributed by atoms with Crippen LogP contribution in [-0.2, 0) is 6.54 Å². The van der Waals surface area contributed by atoms with Crippen LogP contribution < -0.4 is 5.43 Å². The molecule has 2 aromatic heterocycles. The lowest BCUT2D eigenvalue weighted by Crippen LogP contribution is -2.12. The molecule has 0 radical (unpaired) electrons. The van der Waals surface area contributed by atoms with Crippen molar-refractivity contribution in [3.63, 3.8) is 0 Å². The van der Waals surface area contributed by atoms with Crippen LogP contribution in [0.1, 0.15) is 6.92 Å². The Balaban J connectivity index is 2.03. The summed E-state index contributed by atoms with van der Waals surface area (Å²) in [7, 11) is 0. The Hall–Kier alpha value is -3.54. The Morgan fingerprint density at radius 3 is 2.69 bits per heavy atom. The van der Waals surface area contributed by atoms with E-state index in [0.717, 1.165) is 10.9 Å². The maximum absolute atomic E-state index is 13.0. The van der Waals surface area contributed by atoms with Crippen LogP contribution in [0, 0.1) is 10.1 Å². The molecule has 0 N–H and O–H groups in total. The second kappa shape index (κ2) is 6.07. The molecule has 4 aromatic rings. The molecule has 4 rings (SSSR count). The van der Waals surface area contributed by atoms with Gasteiger partial charge >= 0.3 is 0 Å². The average Bonchev–Trinajstić information content (AvgIpc) is 2.67. The topological polar surface area (TPSA) is 78.0 Å². The van der Waals surface area contributed by atoms with E-state index in [0.29, 0.717) is 28.7 Å². The van der Waals surface area contributed by atoms with Crippen molar-refractivity contribution in [2.45, 2.75) is 13.5 Å². The van der Waals surface area contributed by atoms with Crippen LogP contribution in [0.4, 0.5) is 5.69 Å². The zero-order valence-corrected chi connectivity index (χ0v) is 14.0. The zero-order chi connectivity index (χ0) is 18.3. The summed E-state index contributed by atoms with van der Waals surface area (Å²) in [6.45, 7) is 2.60. The van der Waals surface area contributed by atoms with Crippen LogP contribution in [-0.4, -0.2) is 14.5 Å².